The molecule has 2 aromatic carbocycles. The molecule has 1 aromatic heterocycles. The van der Waals surface area contributed by atoms with E-state index < -0.39 is 15.8 Å². The first kappa shape index (κ1) is 19.7. The minimum absolute atomic E-state index is 0.0329. The van der Waals surface area contributed by atoms with Gasteiger partial charge in [-0.1, -0.05) is 24.3 Å². The molecule has 0 aliphatic carbocycles. The Balaban J connectivity index is 2.17. The zero-order valence-electron chi connectivity index (χ0n) is 15.0. The quantitative estimate of drug-likeness (QED) is 0.531. The van der Waals surface area contributed by atoms with Crippen LogP contribution in [0.3, 0.4) is 0 Å². The first-order chi connectivity index (χ1) is 13.4. The fourth-order valence-electron chi connectivity index (χ4n) is 2.98. The van der Waals surface area contributed by atoms with Crippen LogP contribution in [-0.4, -0.2) is 32.6 Å². The number of nitrogens with two attached hydrogens (primary N) is 1. The summed E-state index contributed by atoms with van der Waals surface area (Å²) >= 11 is 0. The third kappa shape index (κ3) is 4.08. The topological polar surface area (TPSA) is 123 Å². The van der Waals surface area contributed by atoms with E-state index in [1.54, 1.807) is 24.3 Å². The Labute approximate surface area is 162 Å². The molecule has 3 aromatic rings. The summed E-state index contributed by atoms with van der Waals surface area (Å²) in [6.45, 7) is 0.621. The van der Waals surface area contributed by atoms with Crippen LogP contribution in [0.5, 0.6) is 0 Å². The van der Waals surface area contributed by atoms with Crippen LogP contribution in [0.2, 0.25) is 0 Å². The second-order valence-corrected chi connectivity index (χ2v) is 8.12. The van der Waals surface area contributed by atoms with Crippen molar-refractivity contribution in [3.05, 3.63) is 72.2 Å². The maximum Gasteiger partial charge on any atom is 0.337 e. The van der Waals surface area contributed by atoms with Crippen molar-refractivity contribution in [2.75, 3.05) is 18.4 Å². The second kappa shape index (κ2) is 8.28. The van der Waals surface area contributed by atoms with E-state index in [2.05, 4.69) is 5.32 Å². The molecule has 3 rings (SSSR count). The van der Waals surface area contributed by atoms with Gasteiger partial charge in [0.15, 0.2) is 9.84 Å². The Bertz CT molecular complexity index is 1060. The maximum absolute atomic E-state index is 12.9. The fourth-order valence-corrected chi connectivity index (χ4v) is 4.37. The Kier molecular flexibility index (Phi) is 5.81. The van der Waals surface area contributed by atoms with E-state index in [0.717, 1.165) is 0 Å². The molecule has 146 valence electrons. The lowest BCUT2D eigenvalue weighted by Crippen LogP contribution is -2.17. The standard InChI is InChI=1S/C20H20N2O5S/c21-9-10-22-19-17(20(23)24)7-6-15(18(19)14-8-11-27-12-14)13-28(25,26)16-4-2-1-3-5-16/h1-8,11-12,22H,9-10,13,21H2,(H,23,24). The van der Waals surface area contributed by atoms with E-state index >= 15 is 0 Å². The lowest BCUT2D eigenvalue weighted by molar-refractivity contribution is 0.0698. The molecule has 0 atom stereocenters. The number of furan rings is 1. The van der Waals surface area contributed by atoms with Gasteiger partial charge in [0.25, 0.3) is 0 Å². The van der Waals surface area contributed by atoms with Gasteiger partial charge < -0.3 is 20.6 Å². The number of carboxylic acid groups (broad SMARTS) is 1. The van der Waals surface area contributed by atoms with Gasteiger partial charge in [-0.2, -0.15) is 0 Å². The van der Waals surface area contributed by atoms with Crippen molar-refractivity contribution in [1.82, 2.24) is 0 Å². The van der Waals surface area contributed by atoms with E-state index in [1.807, 2.05) is 0 Å². The van der Waals surface area contributed by atoms with Gasteiger partial charge in [-0.3, -0.25) is 0 Å². The smallest absolute Gasteiger partial charge is 0.337 e. The molecule has 4 N–H and O–H groups in total. The van der Waals surface area contributed by atoms with E-state index in [1.165, 1.54) is 36.8 Å². The number of carboxylic acids is 1. The molecule has 8 heteroatoms. The highest BCUT2D eigenvalue weighted by Gasteiger charge is 2.23. The molecule has 0 saturated heterocycles. The van der Waals surface area contributed by atoms with Crippen LogP contribution in [0.15, 0.2) is 70.4 Å². The summed E-state index contributed by atoms with van der Waals surface area (Å²) in [5, 5.41) is 12.6. The van der Waals surface area contributed by atoms with E-state index in [0.29, 0.717) is 28.9 Å². The first-order valence-electron chi connectivity index (χ1n) is 8.57. The Morgan fingerprint density at radius 1 is 1.11 bits per heavy atom. The lowest BCUT2D eigenvalue weighted by Gasteiger charge is -2.18. The monoisotopic (exact) mass is 400 g/mol. The lowest BCUT2D eigenvalue weighted by atomic mass is 9.96. The maximum atomic E-state index is 12.9. The molecule has 0 aliphatic heterocycles. The molecule has 0 unspecified atom stereocenters. The summed E-state index contributed by atoms with van der Waals surface area (Å²) in [6, 6.07) is 12.7. The molecule has 1 heterocycles. The Morgan fingerprint density at radius 2 is 1.86 bits per heavy atom. The van der Waals surface area contributed by atoms with Gasteiger partial charge in [-0.25, -0.2) is 13.2 Å². The number of hydrogen-bond acceptors (Lipinski definition) is 6. The average Bonchev–Trinajstić information content (AvgIpc) is 3.20. The van der Waals surface area contributed by atoms with Crippen LogP contribution >= 0.6 is 0 Å². The second-order valence-electron chi connectivity index (χ2n) is 6.13. The molecule has 0 radical (unpaired) electrons. The molecule has 0 fully saturated rings. The highest BCUT2D eigenvalue weighted by Crippen LogP contribution is 2.36. The van der Waals surface area contributed by atoms with Crippen molar-refractivity contribution in [1.29, 1.82) is 0 Å². The largest absolute Gasteiger partial charge is 0.478 e. The number of anilines is 1. The summed E-state index contributed by atoms with van der Waals surface area (Å²) in [4.78, 5) is 11.9. The predicted octanol–water partition coefficient (Wildman–Crippen LogP) is 2.99. The van der Waals surface area contributed by atoms with Crippen molar-refractivity contribution >= 4 is 21.5 Å². The summed E-state index contributed by atoms with van der Waals surface area (Å²) in [6.07, 6.45) is 2.90. The van der Waals surface area contributed by atoms with E-state index in [4.69, 9.17) is 10.2 Å². The number of nitrogens with one attached hydrogen (secondary N) is 1. The van der Waals surface area contributed by atoms with E-state index in [-0.39, 0.29) is 22.8 Å². The summed E-state index contributed by atoms with van der Waals surface area (Å²) in [5.74, 6) is -1.41. The van der Waals surface area contributed by atoms with Crippen molar-refractivity contribution in [2.45, 2.75) is 10.6 Å². The van der Waals surface area contributed by atoms with Gasteiger partial charge in [-0.15, -0.1) is 0 Å². The molecular weight excluding hydrogens is 380 g/mol. The average molecular weight is 400 g/mol. The minimum Gasteiger partial charge on any atom is -0.478 e. The van der Waals surface area contributed by atoms with Gasteiger partial charge in [0, 0.05) is 24.2 Å². The normalized spacial score (nSPS) is 11.3. The highest BCUT2D eigenvalue weighted by molar-refractivity contribution is 7.90. The van der Waals surface area contributed by atoms with Gasteiger partial charge >= 0.3 is 5.97 Å². The number of hydrogen-bond donors (Lipinski definition) is 3. The van der Waals surface area contributed by atoms with Gasteiger partial charge in [0.2, 0.25) is 0 Å². The number of carbonyl (C=O) groups is 1. The van der Waals surface area contributed by atoms with Crippen LogP contribution < -0.4 is 11.1 Å². The first-order valence-corrected chi connectivity index (χ1v) is 10.2. The summed E-state index contributed by atoms with van der Waals surface area (Å²) < 4.78 is 30.9. The van der Waals surface area contributed by atoms with Gasteiger partial charge in [0.05, 0.1) is 34.4 Å². The van der Waals surface area contributed by atoms with Crippen LogP contribution in [0.25, 0.3) is 11.1 Å². The Hall–Kier alpha value is -3.10. The van der Waals surface area contributed by atoms with Crippen molar-refractivity contribution < 1.29 is 22.7 Å². The number of aromatic carboxylic acids is 1. The molecule has 0 saturated carbocycles. The van der Waals surface area contributed by atoms with Crippen LogP contribution in [0.1, 0.15) is 15.9 Å². The molecule has 0 aliphatic rings. The van der Waals surface area contributed by atoms with Crippen LogP contribution in [-0.2, 0) is 15.6 Å². The number of benzene rings is 2. The van der Waals surface area contributed by atoms with E-state index in [9.17, 15) is 18.3 Å². The van der Waals surface area contributed by atoms with Crippen molar-refractivity contribution in [2.24, 2.45) is 5.73 Å². The number of rotatable bonds is 8. The van der Waals surface area contributed by atoms with Gasteiger partial charge in [0.1, 0.15) is 0 Å². The van der Waals surface area contributed by atoms with Crippen LogP contribution in [0, 0.1) is 0 Å². The third-order valence-corrected chi connectivity index (χ3v) is 5.91. The SMILES string of the molecule is NCCNc1c(C(=O)O)ccc(CS(=O)(=O)c2ccccc2)c1-c1ccoc1. The predicted molar refractivity (Wildman–Crippen MR) is 106 cm³/mol. The fraction of sp³-hybridized carbons (Fsp3) is 0.150. The zero-order chi connectivity index (χ0) is 20.1. The molecule has 0 spiro atoms. The molecular formula is C20H20N2O5S. The molecule has 0 amide bonds. The highest BCUT2D eigenvalue weighted by atomic mass is 32.2. The third-order valence-electron chi connectivity index (χ3n) is 4.23. The molecule has 7 nitrogen and oxygen atoms in total. The van der Waals surface area contributed by atoms with Crippen LogP contribution in [0.4, 0.5) is 5.69 Å². The summed E-state index contributed by atoms with van der Waals surface area (Å²) in [5.41, 5.74) is 7.44. The summed E-state index contributed by atoms with van der Waals surface area (Å²) in [7, 11) is -3.63. The van der Waals surface area contributed by atoms with Crippen molar-refractivity contribution in [3.63, 3.8) is 0 Å². The Morgan fingerprint density at radius 3 is 2.46 bits per heavy atom. The van der Waals surface area contributed by atoms with Crippen molar-refractivity contribution in [3.8, 4) is 11.1 Å². The number of sulfone groups is 1. The molecule has 28 heavy (non-hydrogen) atoms. The van der Waals surface area contributed by atoms with Gasteiger partial charge in [-0.05, 0) is 29.8 Å². The zero-order valence-corrected chi connectivity index (χ0v) is 15.8. The molecule has 0 bridgehead atoms. The minimum atomic E-state index is -3.63.